The van der Waals surface area contributed by atoms with E-state index in [2.05, 4.69) is 23.7 Å². The van der Waals surface area contributed by atoms with Crippen molar-refractivity contribution in [3.63, 3.8) is 0 Å². The molecule has 1 heterocycles. The van der Waals surface area contributed by atoms with Crippen LogP contribution < -0.4 is 11.1 Å². The number of aryl methyl sites for hydroxylation is 1. The topological polar surface area (TPSA) is 38.0 Å². The van der Waals surface area contributed by atoms with E-state index in [0.717, 1.165) is 13.0 Å². The molecule has 1 atom stereocenters. The number of nitrogens with two attached hydrogens (primary N) is 1. The molecule has 1 aromatic rings. The maximum Gasteiger partial charge on any atom is 0.0427 e. The van der Waals surface area contributed by atoms with Crippen LogP contribution in [0, 0.1) is 6.92 Å². The van der Waals surface area contributed by atoms with Gasteiger partial charge in [0.15, 0.2) is 0 Å². The lowest BCUT2D eigenvalue weighted by atomic mass is 10.1. The molecule has 68 valence electrons. The Morgan fingerprint density at radius 3 is 2.83 bits per heavy atom. The predicted molar refractivity (Wildman–Crippen MR) is 54.5 cm³/mol. The van der Waals surface area contributed by atoms with Gasteiger partial charge in [0, 0.05) is 10.9 Å². The summed E-state index contributed by atoms with van der Waals surface area (Å²) in [5.41, 5.74) is 6.89. The number of hydrogen-bond acceptors (Lipinski definition) is 3. The molecule has 0 saturated heterocycles. The molecule has 1 unspecified atom stereocenters. The van der Waals surface area contributed by atoms with Gasteiger partial charge in [-0.15, -0.1) is 11.3 Å². The van der Waals surface area contributed by atoms with Gasteiger partial charge in [-0.25, -0.2) is 0 Å². The molecule has 12 heavy (non-hydrogen) atoms. The Hall–Kier alpha value is -0.380. The number of hydrogen-bond donors (Lipinski definition) is 2. The largest absolute Gasteiger partial charge is 0.330 e. The van der Waals surface area contributed by atoms with Gasteiger partial charge in [-0.3, -0.25) is 0 Å². The van der Waals surface area contributed by atoms with Crippen molar-refractivity contribution < 1.29 is 0 Å². The lowest BCUT2D eigenvalue weighted by molar-refractivity contribution is 0.563. The summed E-state index contributed by atoms with van der Waals surface area (Å²) in [5, 5.41) is 5.41. The first-order valence-electron chi connectivity index (χ1n) is 4.21. The van der Waals surface area contributed by atoms with Crippen LogP contribution in [0.4, 0.5) is 0 Å². The van der Waals surface area contributed by atoms with E-state index in [1.807, 2.05) is 7.05 Å². The molecule has 0 aromatic carbocycles. The number of thiophene rings is 1. The van der Waals surface area contributed by atoms with Crippen molar-refractivity contribution in [1.82, 2.24) is 5.32 Å². The molecule has 0 spiro atoms. The van der Waals surface area contributed by atoms with Gasteiger partial charge in [0.2, 0.25) is 0 Å². The summed E-state index contributed by atoms with van der Waals surface area (Å²) in [5.74, 6) is 0. The van der Waals surface area contributed by atoms with Crippen LogP contribution in [-0.2, 0) is 0 Å². The van der Waals surface area contributed by atoms with Gasteiger partial charge >= 0.3 is 0 Å². The van der Waals surface area contributed by atoms with Crippen LogP contribution in [0.25, 0.3) is 0 Å². The molecule has 0 bridgehead atoms. The first-order chi connectivity index (χ1) is 5.79. The molecule has 0 aliphatic rings. The fourth-order valence-electron chi connectivity index (χ4n) is 1.31. The molecule has 0 radical (unpaired) electrons. The molecule has 0 amide bonds. The zero-order valence-electron chi connectivity index (χ0n) is 7.63. The first kappa shape index (κ1) is 9.71. The van der Waals surface area contributed by atoms with Crippen LogP contribution in [0.3, 0.4) is 0 Å². The molecule has 1 aromatic heterocycles. The second kappa shape index (κ2) is 4.60. The SMILES string of the molecule is CNC(CCN)c1sccc1C. The fourth-order valence-corrected chi connectivity index (χ4v) is 2.39. The van der Waals surface area contributed by atoms with Crippen molar-refractivity contribution in [2.24, 2.45) is 5.73 Å². The minimum absolute atomic E-state index is 0.440. The summed E-state index contributed by atoms with van der Waals surface area (Å²) in [7, 11) is 1.99. The monoisotopic (exact) mass is 184 g/mol. The van der Waals surface area contributed by atoms with Crippen molar-refractivity contribution in [2.75, 3.05) is 13.6 Å². The molecule has 0 saturated carbocycles. The Labute approximate surface area is 77.8 Å². The summed E-state index contributed by atoms with van der Waals surface area (Å²) in [6.07, 6.45) is 1.01. The third-order valence-electron chi connectivity index (χ3n) is 2.02. The standard InChI is InChI=1S/C9H16N2S/c1-7-4-6-12-9(7)8(11-2)3-5-10/h4,6,8,11H,3,5,10H2,1-2H3. The van der Waals surface area contributed by atoms with Crippen LogP contribution >= 0.6 is 11.3 Å². The third kappa shape index (κ3) is 2.06. The highest BCUT2D eigenvalue weighted by Crippen LogP contribution is 2.25. The van der Waals surface area contributed by atoms with E-state index in [4.69, 9.17) is 5.73 Å². The Balaban J connectivity index is 2.72. The van der Waals surface area contributed by atoms with Crippen molar-refractivity contribution in [3.05, 3.63) is 21.9 Å². The van der Waals surface area contributed by atoms with Crippen LogP contribution in [0.5, 0.6) is 0 Å². The van der Waals surface area contributed by atoms with Gasteiger partial charge in [0.25, 0.3) is 0 Å². The Bertz CT molecular complexity index is 232. The molecule has 1 rings (SSSR count). The van der Waals surface area contributed by atoms with E-state index in [1.54, 1.807) is 11.3 Å². The summed E-state index contributed by atoms with van der Waals surface area (Å²) in [6.45, 7) is 2.88. The summed E-state index contributed by atoms with van der Waals surface area (Å²) in [4.78, 5) is 1.42. The van der Waals surface area contributed by atoms with Gasteiger partial charge in [-0.1, -0.05) is 0 Å². The number of rotatable bonds is 4. The van der Waals surface area contributed by atoms with Crippen LogP contribution in [0.15, 0.2) is 11.4 Å². The van der Waals surface area contributed by atoms with Crippen molar-refractivity contribution in [2.45, 2.75) is 19.4 Å². The van der Waals surface area contributed by atoms with E-state index in [0.29, 0.717) is 6.04 Å². The maximum absolute atomic E-state index is 5.53. The first-order valence-corrected chi connectivity index (χ1v) is 5.09. The Kier molecular flexibility index (Phi) is 3.72. The molecular weight excluding hydrogens is 168 g/mol. The molecule has 2 nitrogen and oxygen atoms in total. The van der Waals surface area contributed by atoms with Crippen molar-refractivity contribution in [1.29, 1.82) is 0 Å². The quantitative estimate of drug-likeness (QED) is 0.747. The normalized spacial score (nSPS) is 13.2. The molecule has 0 aliphatic carbocycles. The maximum atomic E-state index is 5.53. The van der Waals surface area contributed by atoms with Gasteiger partial charge in [-0.05, 0) is 43.9 Å². The van der Waals surface area contributed by atoms with Crippen LogP contribution in [0.2, 0.25) is 0 Å². The average Bonchev–Trinajstić information content (AvgIpc) is 2.47. The van der Waals surface area contributed by atoms with Gasteiger partial charge in [0.1, 0.15) is 0 Å². The third-order valence-corrected chi connectivity index (χ3v) is 3.15. The van der Waals surface area contributed by atoms with Crippen molar-refractivity contribution in [3.8, 4) is 0 Å². The summed E-state index contributed by atoms with van der Waals surface area (Å²) < 4.78 is 0. The molecule has 3 heteroatoms. The molecule has 3 N–H and O–H groups in total. The molecule has 0 fully saturated rings. The molecule has 0 aliphatic heterocycles. The second-order valence-electron chi connectivity index (χ2n) is 2.89. The summed E-state index contributed by atoms with van der Waals surface area (Å²) >= 11 is 1.80. The highest BCUT2D eigenvalue weighted by Gasteiger charge is 2.11. The Morgan fingerprint density at radius 1 is 1.67 bits per heavy atom. The van der Waals surface area contributed by atoms with Gasteiger partial charge in [0.05, 0.1) is 0 Å². The minimum atomic E-state index is 0.440. The predicted octanol–water partition coefficient (Wildman–Crippen LogP) is 1.67. The fraction of sp³-hybridized carbons (Fsp3) is 0.556. The van der Waals surface area contributed by atoms with Gasteiger partial charge in [-0.2, -0.15) is 0 Å². The summed E-state index contributed by atoms with van der Waals surface area (Å²) in [6, 6.07) is 2.59. The zero-order valence-corrected chi connectivity index (χ0v) is 8.45. The zero-order chi connectivity index (χ0) is 8.97. The Morgan fingerprint density at radius 2 is 2.42 bits per heavy atom. The van der Waals surface area contributed by atoms with Crippen LogP contribution in [-0.4, -0.2) is 13.6 Å². The lowest BCUT2D eigenvalue weighted by Gasteiger charge is -2.14. The van der Waals surface area contributed by atoms with E-state index in [9.17, 15) is 0 Å². The van der Waals surface area contributed by atoms with E-state index < -0.39 is 0 Å². The van der Waals surface area contributed by atoms with E-state index in [1.165, 1.54) is 10.4 Å². The van der Waals surface area contributed by atoms with Crippen LogP contribution in [0.1, 0.15) is 22.9 Å². The van der Waals surface area contributed by atoms with E-state index in [-0.39, 0.29) is 0 Å². The van der Waals surface area contributed by atoms with E-state index >= 15 is 0 Å². The highest BCUT2D eigenvalue weighted by atomic mass is 32.1. The lowest BCUT2D eigenvalue weighted by Crippen LogP contribution is -2.19. The van der Waals surface area contributed by atoms with Crippen molar-refractivity contribution >= 4 is 11.3 Å². The molecular formula is C9H16N2S. The average molecular weight is 184 g/mol. The highest BCUT2D eigenvalue weighted by molar-refractivity contribution is 7.10. The number of nitrogens with one attached hydrogen (secondary N) is 1. The van der Waals surface area contributed by atoms with Gasteiger partial charge < -0.3 is 11.1 Å². The smallest absolute Gasteiger partial charge is 0.0427 e. The minimum Gasteiger partial charge on any atom is -0.330 e. The second-order valence-corrected chi connectivity index (χ2v) is 3.83.